The number of allylic oxidation sites excluding steroid dienone is 2. The molecule has 0 spiro atoms. The fourth-order valence-corrected chi connectivity index (χ4v) is 2.46. The molecule has 0 heterocycles. The first-order valence-electron chi connectivity index (χ1n) is 5.81. The van der Waals surface area contributed by atoms with Gasteiger partial charge in [-0.25, -0.2) is 4.39 Å². The number of rotatable bonds is 2. The summed E-state index contributed by atoms with van der Waals surface area (Å²) in [5, 5.41) is 0. The molecular formula is C14H15F3O. The third-order valence-corrected chi connectivity index (χ3v) is 3.24. The van der Waals surface area contributed by atoms with Gasteiger partial charge in [0.2, 0.25) is 0 Å². The van der Waals surface area contributed by atoms with Crippen LogP contribution in [0.25, 0.3) is 0 Å². The van der Waals surface area contributed by atoms with Crippen LogP contribution in [0.3, 0.4) is 0 Å². The van der Waals surface area contributed by atoms with Crippen molar-refractivity contribution in [3.05, 3.63) is 47.0 Å². The zero-order valence-electron chi connectivity index (χ0n) is 10.5. The molecule has 1 atom stereocenters. The molecule has 18 heavy (non-hydrogen) atoms. The number of fused-ring (bicyclic) bond motifs is 1. The lowest BCUT2D eigenvalue weighted by atomic mass is 9.78. The Morgan fingerprint density at radius 1 is 1.28 bits per heavy atom. The summed E-state index contributed by atoms with van der Waals surface area (Å²) in [5.41, 5.74) is 0.178. The zero-order valence-corrected chi connectivity index (χ0v) is 10.5. The Labute approximate surface area is 104 Å². The van der Waals surface area contributed by atoms with Crippen LogP contribution in [-0.4, -0.2) is 7.11 Å². The standard InChI is InChI=1S/C14H15F3O/c1-8(2)13-10-5-4-9(15)6-11(10)14(16,17)7-12(13)18-3/h4-8,13H,1-3H3. The summed E-state index contributed by atoms with van der Waals surface area (Å²) in [6.07, 6.45) is 0.791. The molecule has 1 aliphatic carbocycles. The van der Waals surface area contributed by atoms with Crippen molar-refractivity contribution in [3.8, 4) is 0 Å². The second-order valence-corrected chi connectivity index (χ2v) is 4.83. The quantitative estimate of drug-likeness (QED) is 0.770. The van der Waals surface area contributed by atoms with Gasteiger partial charge in [-0.15, -0.1) is 0 Å². The van der Waals surface area contributed by atoms with Crippen molar-refractivity contribution in [1.29, 1.82) is 0 Å². The highest BCUT2D eigenvalue weighted by Crippen LogP contribution is 2.46. The molecule has 0 saturated heterocycles. The van der Waals surface area contributed by atoms with Gasteiger partial charge in [-0.1, -0.05) is 19.9 Å². The number of hydrogen-bond acceptors (Lipinski definition) is 1. The Kier molecular flexibility index (Phi) is 3.13. The molecule has 0 radical (unpaired) electrons. The van der Waals surface area contributed by atoms with Crippen LogP contribution in [0, 0.1) is 11.7 Å². The number of halogens is 3. The van der Waals surface area contributed by atoms with Crippen LogP contribution in [0.15, 0.2) is 30.0 Å². The van der Waals surface area contributed by atoms with E-state index in [4.69, 9.17) is 4.74 Å². The topological polar surface area (TPSA) is 9.23 Å². The lowest BCUT2D eigenvalue weighted by Gasteiger charge is -2.32. The van der Waals surface area contributed by atoms with Crippen molar-refractivity contribution in [2.24, 2.45) is 5.92 Å². The Balaban J connectivity index is 2.65. The third-order valence-electron chi connectivity index (χ3n) is 3.24. The van der Waals surface area contributed by atoms with Crippen LogP contribution in [0.4, 0.5) is 13.2 Å². The molecule has 4 heteroatoms. The fraction of sp³-hybridized carbons (Fsp3) is 0.429. The molecule has 0 bridgehead atoms. The summed E-state index contributed by atoms with van der Waals surface area (Å²) < 4.78 is 46.1. The van der Waals surface area contributed by atoms with E-state index in [1.54, 1.807) is 0 Å². The maximum atomic E-state index is 13.9. The highest BCUT2D eigenvalue weighted by molar-refractivity contribution is 5.44. The SMILES string of the molecule is COC1=CC(F)(F)c2cc(F)ccc2C1C(C)C. The molecule has 1 nitrogen and oxygen atoms in total. The molecule has 0 fully saturated rings. The smallest absolute Gasteiger partial charge is 0.295 e. The Morgan fingerprint density at radius 2 is 1.94 bits per heavy atom. The highest BCUT2D eigenvalue weighted by atomic mass is 19.3. The van der Waals surface area contributed by atoms with E-state index in [-0.39, 0.29) is 23.2 Å². The molecule has 1 aliphatic rings. The number of alkyl halides is 2. The van der Waals surface area contributed by atoms with E-state index in [1.165, 1.54) is 19.2 Å². The molecule has 1 aromatic rings. The van der Waals surface area contributed by atoms with Crippen LogP contribution in [-0.2, 0) is 10.7 Å². The average Bonchev–Trinajstić information content (AvgIpc) is 2.28. The normalized spacial score (nSPS) is 21.5. The van der Waals surface area contributed by atoms with Crippen molar-refractivity contribution < 1.29 is 17.9 Å². The van der Waals surface area contributed by atoms with Gasteiger partial charge in [-0.2, -0.15) is 8.78 Å². The van der Waals surface area contributed by atoms with E-state index in [0.29, 0.717) is 5.56 Å². The first kappa shape index (κ1) is 13.0. The highest BCUT2D eigenvalue weighted by Gasteiger charge is 2.41. The molecule has 2 rings (SSSR count). The monoisotopic (exact) mass is 256 g/mol. The van der Waals surface area contributed by atoms with Crippen molar-refractivity contribution in [1.82, 2.24) is 0 Å². The van der Waals surface area contributed by atoms with Gasteiger partial charge >= 0.3 is 0 Å². The second-order valence-electron chi connectivity index (χ2n) is 4.83. The van der Waals surface area contributed by atoms with Crippen LogP contribution in [0.5, 0.6) is 0 Å². The van der Waals surface area contributed by atoms with Crippen molar-refractivity contribution in [2.45, 2.75) is 25.7 Å². The largest absolute Gasteiger partial charge is 0.501 e. The second kappa shape index (κ2) is 4.34. The van der Waals surface area contributed by atoms with E-state index >= 15 is 0 Å². The number of hydrogen-bond donors (Lipinski definition) is 0. The van der Waals surface area contributed by atoms with Crippen LogP contribution in [0.1, 0.15) is 30.9 Å². The van der Waals surface area contributed by atoms with Gasteiger partial charge in [0.15, 0.2) is 0 Å². The minimum atomic E-state index is -3.19. The third kappa shape index (κ3) is 2.00. The van der Waals surface area contributed by atoms with E-state index < -0.39 is 11.7 Å². The summed E-state index contributed by atoms with van der Waals surface area (Å²) >= 11 is 0. The Hall–Kier alpha value is -1.45. The number of ether oxygens (including phenoxy) is 1. The Morgan fingerprint density at radius 3 is 2.50 bits per heavy atom. The molecule has 98 valence electrons. The molecule has 0 N–H and O–H groups in total. The molecule has 0 saturated carbocycles. The van der Waals surface area contributed by atoms with Crippen molar-refractivity contribution >= 4 is 0 Å². The molecule has 0 aromatic heterocycles. The fourth-order valence-electron chi connectivity index (χ4n) is 2.46. The lowest BCUT2D eigenvalue weighted by Crippen LogP contribution is -2.26. The van der Waals surface area contributed by atoms with Crippen LogP contribution >= 0.6 is 0 Å². The molecule has 0 aliphatic heterocycles. The van der Waals surface area contributed by atoms with Crippen molar-refractivity contribution in [2.75, 3.05) is 7.11 Å². The van der Waals surface area contributed by atoms with Gasteiger partial charge in [0.05, 0.1) is 7.11 Å². The summed E-state index contributed by atoms with van der Waals surface area (Å²) in [6, 6.07) is 3.55. The molecule has 0 amide bonds. The lowest BCUT2D eigenvalue weighted by molar-refractivity contribution is 0.0377. The molecular weight excluding hydrogens is 241 g/mol. The van der Waals surface area contributed by atoms with E-state index in [9.17, 15) is 13.2 Å². The average molecular weight is 256 g/mol. The summed E-state index contributed by atoms with van der Waals surface area (Å²) in [4.78, 5) is 0. The minimum Gasteiger partial charge on any atom is -0.501 e. The van der Waals surface area contributed by atoms with Crippen molar-refractivity contribution in [3.63, 3.8) is 0 Å². The zero-order chi connectivity index (χ0) is 13.5. The van der Waals surface area contributed by atoms with Gasteiger partial charge < -0.3 is 4.74 Å². The summed E-state index contributed by atoms with van der Waals surface area (Å²) in [6.45, 7) is 3.85. The number of benzene rings is 1. The van der Waals surface area contributed by atoms with Gasteiger partial charge in [0.1, 0.15) is 11.6 Å². The van der Waals surface area contributed by atoms with Crippen LogP contribution in [0.2, 0.25) is 0 Å². The molecule has 1 unspecified atom stereocenters. The van der Waals surface area contributed by atoms with Gasteiger partial charge in [0.25, 0.3) is 5.92 Å². The van der Waals surface area contributed by atoms with E-state index in [2.05, 4.69) is 0 Å². The maximum Gasteiger partial charge on any atom is 0.295 e. The van der Waals surface area contributed by atoms with Gasteiger partial charge in [-0.05, 0) is 23.6 Å². The van der Waals surface area contributed by atoms with E-state index in [0.717, 1.165) is 12.1 Å². The summed E-state index contributed by atoms with van der Waals surface area (Å²) in [5.74, 6) is -3.75. The first-order valence-corrected chi connectivity index (χ1v) is 5.81. The predicted molar refractivity (Wildman–Crippen MR) is 63.0 cm³/mol. The number of methoxy groups -OCH3 is 1. The Bertz CT molecular complexity index is 492. The maximum absolute atomic E-state index is 13.9. The summed E-state index contributed by atoms with van der Waals surface area (Å²) in [7, 11) is 1.38. The predicted octanol–water partition coefficient (Wildman–Crippen LogP) is 4.20. The van der Waals surface area contributed by atoms with Crippen LogP contribution < -0.4 is 0 Å². The minimum absolute atomic E-state index is 0.0940. The van der Waals surface area contributed by atoms with Gasteiger partial charge in [0, 0.05) is 17.6 Å². The van der Waals surface area contributed by atoms with E-state index in [1.807, 2.05) is 13.8 Å². The van der Waals surface area contributed by atoms with Gasteiger partial charge in [-0.3, -0.25) is 0 Å². The first-order chi connectivity index (χ1) is 8.36. The molecule has 1 aromatic carbocycles.